The average Bonchev–Trinajstić information content (AvgIpc) is 1.87. The minimum atomic E-state index is -0.675. The lowest BCUT2D eigenvalue weighted by Crippen LogP contribution is -2.05. The van der Waals surface area contributed by atoms with E-state index in [1.807, 2.05) is 14.1 Å². The highest BCUT2D eigenvalue weighted by Crippen LogP contribution is 1.86. The van der Waals surface area contributed by atoms with E-state index >= 15 is 0 Å². The first-order valence-electron chi connectivity index (χ1n) is 3.33. The van der Waals surface area contributed by atoms with Crippen LogP contribution in [0.2, 0.25) is 0 Å². The Kier molecular flexibility index (Phi) is 4.98. The average molecular weight is 159 g/mol. The molecule has 0 N–H and O–H groups in total. The Bertz CT molecular complexity index is 143. The van der Waals surface area contributed by atoms with E-state index in [-0.39, 0.29) is 0 Å². The smallest absolute Gasteiger partial charge is 0.434 e. The third-order valence-corrected chi connectivity index (χ3v) is 0.785. The van der Waals surface area contributed by atoms with Gasteiger partial charge in [-0.2, -0.15) is 0 Å². The van der Waals surface area contributed by atoms with Gasteiger partial charge < -0.3 is 14.4 Å². The van der Waals surface area contributed by atoms with Crippen LogP contribution < -0.4 is 0 Å². The molecule has 0 amide bonds. The molecule has 0 fully saturated rings. The van der Waals surface area contributed by atoms with E-state index in [4.69, 9.17) is 0 Å². The van der Waals surface area contributed by atoms with Crippen molar-refractivity contribution in [2.24, 2.45) is 0 Å². The van der Waals surface area contributed by atoms with Crippen molar-refractivity contribution in [2.75, 3.05) is 20.7 Å². The highest BCUT2D eigenvalue weighted by Gasteiger charge is 1.96. The molecular weight excluding hydrogens is 146 g/mol. The quantitative estimate of drug-likeness (QED) is 0.458. The van der Waals surface area contributed by atoms with Gasteiger partial charge in [0.1, 0.15) is 6.26 Å². The van der Waals surface area contributed by atoms with Crippen molar-refractivity contribution in [3.8, 4) is 0 Å². The number of ether oxygens (including phenoxy) is 2. The van der Waals surface area contributed by atoms with Crippen molar-refractivity contribution in [2.45, 2.75) is 6.92 Å². The zero-order chi connectivity index (χ0) is 8.69. The summed E-state index contributed by atoms with van der Waals surface area (Å²) in [6.45, 7) is 2.05. The fourth-order valence-electron chi connectivity index (χ4n) is 0.360. The summed E-state index contributed by atoms with van der Waals surface area (Å²) in [6.07, 6.45) is 2.21. The standard InChI is InChI=1S/C7H13NO3/c1-4-10-7(9)11-6-5-8(2)3/h5-6H,4H2,1-3H3. The molecule has 0 heterocycles. The predicted octanol–water partition coefficient (Wildman–Crippen LogP) is 1.19. The minimum absolute atomic E-state index is 0.328. The normalized spacial score (nSPS) is 9.73. The summed E-state index contributed by atoms with van der Waals surface area (Å²) in [5, 5.41) is 0. The highest BCUT2D eigenvalue weighted by molar-refractivity contribution is 5.60. The number of rotatable bonds is 3. The molecule has 0 aliphatic rings. The minimum Gasteiger partial charge on any atom is -0.434 e. The van der Waals surface area contributed by atoms with Gasteiger partial charge in [-0.15, -0.1) is 0 Å². The maximum absolute atomic E-state index is 10.5. The van der Waals surface area contributed by atoms with Gasteiger partial charge >= 0.3 is 6.16 Å². The summed E-state index contributed by atoms with van der Waals surface area (Å²) in [4.78, 5) is 12.3. The first kappa shape index (κ1) is 9.81. The maximum atomic E-state index is 10.5. The third-order valence-electron chi connectivity index (χ3n) is 0.785. The molecule has 4 heteroatoms. The van der Waals surface area contributed by atoms with Crippen molar-refractivity contribution in [1.82, 2.24) is 4.90 Å². The molecule has 0 bridgehead atoms. The van der Waals surface area contributed by atoms with E-state index in [9.17, 15) is 4.79 Å². The van der Waals surface area contributed by atoms with Crippen molar-refractivity contribution < 1.29 is 14.3 Å². The molecule has 0 radical (unpaired) electrons. The zero-order valence-corrected chi connectivity index (χ0v) is 7.03. The Morgan fingerprint density at radius 2 is 2.18 bits per heavy atom. The van der Waals surface area contributed by atoms with E-state index in [2.05, 4.69) is 9.47 Å². The van der Waals surface area contributed by atoms with Gasteiger partial charge in [-0.25, -0.2) is 4.79 Å². The molecule has 0 aromatic heterocycles. The SMILES string of the molecule is CCOC(=O)OC=CN(C)C. The van der Waals surface area contributed by atoms with Gasteiger partial charge in [-0.05, 0) is 6.92 Å². The topological polar surface area (TPSA) is 38.8 Å². The molecule has 0 saturated carbocycles. The van der Waals surface area contributed by atoms with Crippen molar-refractivity contribution in [1.29, 1.82) is 0 Å². The maximum Gasteiger partial charge on any atom is 0.513 e. The van der Waals surface area contributed by atoms with Crippen molar-refractivity contribution >= 4 is 6.16 Å². The Morgan fingerprint density at radius 3 is 2.64 bits per heavy atom. The third kappa shape index (κ3) is 6.70. The predicted molar refractivity (Wildman–Crippen MR) is 40.9 cm³/mol. The monoisotopic (exact) mass is 159 g/mol. The Morgan fingerprint density at radius 1 is 1.55 bits per heavy atom. The van der Waals surface area contributed by atoms with E-state index in [0.29, 0.717) is 6.61 Å². The van der Waals surface area contributed by atoms with Crippen LogP contribution in [0.5, 0.6) is 0 Å². The van der Waals surface area contributed by atoms with Gasteiger partial charge in [0.15, 0.2) is 0 Å². The second-order valence-electron chi connectivity index (χ2n) is 2.05. The number of carbonyl (C=O) groups excluding carboxylic acids is 1. The van der Waals surface area contributed by atoms with Gasteiger partial charge in [0.2, 0.25) is 0 Å². The van der Waals surface area contributed by atoms with Crippen LogP contribution in [0.3, 0.4) is 0 Å². The molecule has 0 saturated heterocycles. The van der Waals surface area contributed by atoms with E-state index in [0.717, 1.165) is 0 Å². The van der Waals surface area contributed by atoms with E-state index in [1.54, 1.807) is 18.0 Å². The second kappa shape index (κ2) is 5.58. The van der Waals surface area contributed by atoms with Crippen LogP contribution in [-0.2, 0) is 9.47 Å². The van der Waals surface area contributed by atoms with Crippen LogP contribution in [0.15, 0.2) is 12.5 Å². The van der Waals surface area contributed by atoms with Gasteiger partial charge in [-0.3, -0.25) is 0 Å². The molecule has 0 aliphatic carbocycles. The Balaban J connectivity index is 3.45. The summed E-state index contributed by atoms with van der Waals surface area (Å²) >= 11 is 0. The number of nitrogens with zero attached hydrogens (tertiary/aromatic N) is 1. The Hall–Kier alpha value is -1.19. The van der Waals surface area contributed by atoms with Crippen LogP contribution in [0.4, 0.5) is 4.79 Å². The lowest BCUT2D eigenvalue weighted by molar-refractivity contribution is 0.0887. The fraction of sp³-hybridized carbons (Fsp3) is 0.571. The van der Waals surface area contributed by atoms with Gasteiger partial charge in [0.05, 0.1) is 6.61 Å². The summed E-state index contributed by atoms with van der Waals surface area (Å²) in [6, 6.07) is 0. The molecule has 4 nitrogen and oxygen atoms in total. The van der Waals surface area contributed by atoms with Crippen LogP contribution in [-0.4, -0.2) is 31.8 Å². The van der Waals surface area contributed by atoms with Gasteiger partial charge in [0, 0.05) is 20.3 Å². The number of carbonyl (C=O) groups is 1. The molecule has 0 atom stereocenters. The molecule has 64 valence electrons. The van der Waals surface area contributed by atoms with Crippen LogP contribution in [0.1, 0.15) is 6.92 Å². The van der Waals surface area contributed by atoms with Gasteiger partial charge in [0.25, 0.3) is 0 Å². The largest absolute Gasteiger partial charge is 0.513 e. The highest BCUT2D eigenvalue weighted by atomic mass is 16.7. The van der Waals surface area contributed by atoms with E-state index in [1.165, 1.54) is 6.26 Å². The van der Waals surface area contributed by atoms with Crippen molar-refractivity contribution in [3.63, 3.8) is 0 Å². The number of hydrogen-bond acceptors (Lipinski definition) is 4. The first-order chi connectivity index (χ1) is 5.16. The van der Waals surface area contributed by atoms with Crippen LogP contribution in [0, 0.1) is 0 Å². The zero-order valence-electron chi connectivity index (χ0n) is 7.03. The number of hydrogen-bond donors (Lipinski definition) is 0. The summed E-state index contributed by atoms with van der Waals surface area (Å²) in [7, 11) is 3.65. The van der Waals surface area contributed by atoms with Crippen LogP contribution >= 0.6 is 0 Å². The first-order valence-corrected chi connectivity index (χ1v) is 3.33. The molecule has 0 aromatic carbocycles. The fourth-order valence-corrected chi connectivity index (χ4v) is 0.360. The van der Waals surface area contributed by atoms with Crippen molar-refractivity contribution in [3.05, 3.63) is 12.5 Å². The molecule has 11 heavy (non-hydrogen) atoms. The lowest BCUT2D eigenvalue weighted by atomic mass is 10.8. The summed E-state index contributed by atoms with van der Waals surface area (Å²) in [5.74, 6) is 0. The molecule has 0 unspecified atom stereocenters. The molecular formula is C7H13NO3. The molecule has 0 rings (SSSR count). The summed E-state index contributed by atoms with van der Waals surface area (Å²) in [5.41, 5.74) is 0. The van der Waals surface area contributed by atoms with Gasteiger partial charge in [-0.1, -0.05) is 0 Å². The summed E-state index contributed by atoms with van der Waals surface area (Å²) < 4.78 is 9.00. The van der Waals surface area contributed by atoms with E-state index < -0.39 is 6.16 Å². The molecule has 0 spiro atoms. The Labute approximate surface area is 66.4 Å². The lowest BCUT2D eigenvalue weighted by Gasteiger charge is -2.02. The second-order valence-corrected chi connectivity index (χ2v) is 2.05. The molecule has 0 aromatic rings. The molecule has 0 aliphatic heterocycles. The van der Waals surface area contributed by atoms with Crippen LogP contribution in [0.25, 0.3) is 0 Å².